The third kappa shape index (κ3) is 12.8. The van der Waals surface area contributed by atoms with Crippen molar-refractivity contribution in [1.82, 2.24) is 0 Å². The molecule has 9 heteroatoms. The van der Waals surface area contributed by atoms with Crippen molar-refractivity contribution in [3.05, 3.63) is 0 Å². The number of rotatable bonds is 9. The predicted molar refractivity (Wildman–Crippen MR) is 100 cm³/mol. The van der Waals surface area contributed by atoms with Crippen LogP contribution >= 0.6 is 7.60 Å². The highest BCUT2D eigenvalue weighted by Gasteiger charge is 2.36. The molecule has 0 spiro atoms. The summed E-state index contributed by atoms with van der Waals surface area (Å²) in [6.07, 6.45) is 1.01. The van der Waals surface area contributed by atoms with Gasteiger partial charge in [-0.1, -0.05) is 0 Å². The molecular weight excluding hydrogens is 351 g/mol. The zero-order valence-corrected chi connectivity index (χ0v) is 19.5. The second-order valence-electron chi connectivity index (χ2n) is 8.43. The van der Waals surface area contributed by atoms with E-state index in [-0.39, 0.29) is 18.6 Å². The predicted octanol–water partition coefficient (Wildman–Crippen LogP) is 5.04. The highest BCUT2D eigenvalue weighted by Crippen LogP contribution is 2.53. The fraction of sp³-hybridized carbons (Fsp3) is 0.923. The molecule has 0 N–H and O–H groups in total. The van der Waals surface area contributed by atoms with Crippen LogP contribution in [0.2, 0.25) is 58.9 Å². The third-order valence-electron chi connectivity index (χ3n) is 2.06. The van der Waals surface area contributed by atoms with Crippen molar-refractivity contribution in [3.63, 3.8) is 0 Å². The molecule has 0 unspecified atom stereocenters. The van der Waals surface area contributed by atoms with Crippen molar-refractivity contribution in [2.45, 2.75) is 71.8 Å². The number of hydrogen-bond donors (Lipinski definition) is 0. The molecule has 0 saturated heterocycles. The minimum Gasteiger partial charge on any atom is -0.520 e. The lowest BCUT2D eigenvalue weighted by molar-refractivity contribution is -0.135. The first kappa shape index (κ1) is 22.3. The highest BCUT2D eigenvalue weighted by atomic mass is 31.2. The summed E-state index contributed by atoms with van der Waals surface area (Å²) in [4.78, 5) is 11.8. The second-order valence-corrected chi connectivity index (χ2v) is 24.4. The first-order valence-corrected chi connectivity index (χ1v) is 19.7. The summed E-state index contributed by atoms with van der Waals surface area (Å²) in [5, 5.41) is 0. The van der Waals surface area contributed by atoms with Gasteiger partial charge in [0.1, 0.15) is 0 Å². The molecule has 0 aliphatic rings. The number of carbonyl (C=O) groups is 1. The Balaban J connectivity index is 4.68. The largest absolute Gasteiger partial charge is 0.520 e. The van der Waals surface area contributed by atoms with Gasteiger partial charge in [0, 0.05) is 12.6 Å². The third-order valence-corrected chi connectivity index (χ3v) is 10.4. The van der Waals surface area contributed by atoms with Gasteiger partial charge in [0.25, 0.3) is 5.97 Å². The van der Waals surface area contributed by atoms with Crippen LogP contribution in [0.5, 0.6) is 0 Å². The average Bonchev–Trinajstić information content (AvgIpc) is 2.05. The van der Waals surface area contributed by atoms with E-state index < -0.39 is 32.5 Å². The SMILES string of the molecule is C[Si](C)(C)OC(=O)CCCP(=O)(O[Si](C)(C)C)O[Si](C)(C)C. The van der Waals surface area contributed by atoms with E-state index in [1.807, 2.05) is 58.9 Å². The van der Waals surface area contributed by atoms with Gasteiger partial charge in [-0.2, -0.15) is 0 Å². The van der Waals surface area contributed by atoms with E-state index in [4.69, 9.17) is 12.9 Å². The van der Waals surface area contributed by atoms with Crippen LogP contribution in [0, 0.1) is 0 Å². The standard InChI is InChI=1S/C13H33O5PSi3/c1-20(2,3)16-13(14)11-10-12-19(15,17-21(4,5)6)18-22(7,8)9/h10-12H2,1-9H3. The van der Waals surface area contributed by atoms with Crippen molar-refractivity contribution in [2.75, 3.05) is 6.16 Å². The van der Waals surface area contributed by atoms with Gasteiger partial charge in [0.15, 0.2) is 16.6 Å². The summed E-state index contributed by atoms with van der Waals surface area (Å²) >= 11 is 0. The van der Waals surface area contributed by atoms with E-state index in [2.05, 4.69) is 0 Å². The van der Waals surface area contributed by atoms with Crippen molar-refractivity contribution in [1.29, 1.82) is 0 Å². The molecule has 0 aromatic rings. The van der Waals surface area contributed by atoms with Gasteiger partial charge in [-0.15, -0.1) is 0 Å². The number of hydrogen-bond acceptors (Lipinski definition) is 5. The molecule has 0 saturated carbocycles. The van der Waals surface area contributed by atoms with Crippen LogP contribution in [-0.2, 0) is 22.2 Å². The van der Waals surface area contributed by atoms with Gasteiger partial charge in [-0.05, 0) is 65.3 Å². The van der Waals surface area contributed by atoms with Crippen molar-refractivity contribution < 1.29 is 22.2 Å². The molecule has 0 fully saturated rings. The lowest BCUT2D eigenvalue weighted by Gasteiger charge is -2.31. The Bertz CT molecular complexity index is 401. The second kappa shape index (κ2) is 7.90. The molecular formula is C13H33O5PSi3. The average molecular weight is 385 g/mol. The van der Waals surface area contributed by atoms with Gasteiger partial charge in [-0.3, -0.25) is 9.36 Å². The smallest absolute Gasteiger partial charge is 0.311 e. The molecule has 0 bridgehead atoms. The van der Waals surface area contributed by atoms with Crippen LogP contribution < -0.4 is 0 Å². The lowest BCUT2D eigenvalue weighted by atomic mass is 10.3. The molecule has 132 valence electrons. The Morgan fingerprint density at radius 3 is 1.55 bits per heavy atom. The Hall–Kier alpha value is 0.271. The molecule has 0 aromatic carbocycles. The molecule has 5 nitrogen and oxygen atoms in total. The summed E-state index contributed by atoms with van der Waals surface area (Å²) in [5.41, 5.74) is 0. The Labute approximate surface area is 139 Å². The minimum absolute atomic E-state index is 0.216. The van der Waals surface area contributed by atoms with Crippen molar-refractivity contribution in [3.8, 4) is 0 Å². The van der Waals surface area contributed by atoms with E-state index in [1.165, 1.54) is 0 Å². The fourth-order valence-corrected chi connectivity index (χ4v) is 11.0. The summed E-state index contributed by atoms with van der Waals surface area (Å²) in [6.45, 7) is 17.9. The molecule has 0 rings (SSSR count). The molecule has 0 aliphatic heterocycles. The van der Waals surface area contributed by atoms with Crippen LogP contribution in [0.25, 0.3) is 0 Å². The van der Waals surface area contributed by atoms with E-state index in [1.54, 1.807) is 0 Å². The van der Waals surface area contributed by atoms with Crippen LogP contribution in [0.4, 0.5) is 0 Å². The molecule has 0 aliphatic carbocycles. The molecule has 0 atom stereocenters. The normalized spacial score (nSPS) is 14.0. The van der Waals surface area contributed by atoms with Gasteiger partial charge in [-0.25, -0.2) is 0 Å². The summed E-state index contributed by atoms with van der Waals surface area (Å²) < 4.78 is 30.1. The molecule has 0 amide bonds. The summed E-state index contributed by atoms with van der Waals surface area (Å²) in [7, 11) is -8.97. The first-order chi connectivity index (χ1) is 9.52. The quantitative estimate of drug-likeness (QED) is 0.411. The van der Waals surface area contributed by atoms with Crippen LogP contribution in [0.1, 0.15) is 12.8 Å². The monoisotopic (exact) mass is 384 g/mol. The van der Waals surface area contributed by atoms with Gasteiger partial charge >= 0.3 is 7.60 Å². The van der Waals surface area contributed by atoms with Gasteiger partial charge in [0.2, 0.25) is 8.32 Å². The van der Waals surface area contributed by atoms with E-state index in [0.717, 1.165) is 0 Å². The fourth-order valence-electron chi connectivity index (χ4n) is 1.75. The van der Waals surface area contributed by atoms with Gasteiger partial charge < -0.3 is 12.9 Å². The maximum absolute atomic E-state index is 13.0. The minimum atomic E-state index is -3.14. The topological polar surface area (TPSA) is 61.8 Å². The van der Waals surface area contributed by atoms with Crippen molar-refractivity contribution >= 4 is 38.5 Å². The molecule has 0 aromatic heterocycles. The highest BCUT2D eigenvalue weighted by molar-refractivity contribution is 7.57. The number of carbonyl (C=O) groups excluding carboxylic acids is 1. The Morgan fingerprint density at radius 1 is 0.818 bits per heavy atom. The van der Waals surface area contributed by atoms with Crippen LogP contribution in [-0.4, -0.2) is 37.1 Å². The summed E-state index contributed by atoms with van der Waals surface area (Å²) in [5.74, 6) is -0.216. The van der Waals surface area contributed by atoms with E-state index >= 15 is 0 Å². The van der Waals surface area contributed by atoms with Gasteiger partial charge in [0.05, 0.1) is 0 Å². The van der Waals surface area contributed by atoms with E-state index in [9.17, 15) is 9.36 Å². The maximum Gasteiger partial charge on any atom is 0.311 e. The zero-order chi connectivity index (χ0) is 17.8. The van der Waals surface area contributed by atoms with Crippen molar-refractivity contribution in [2.24, 2.45) is 0 Å². The van der Waals surface area contributed by atoms with Crippen LogP contribution in [0.3, 0.4) is 0 Å². The zero-order valence-electron chi connectivity index (χ0n) is 15.6. The first-order valence-electron chi connectivity index (χ1n) is 7.74. The Morgan fingerprint density at radius 2 is 1.23 bits per heavy atom. The summed E-state index contributed by atoms with van der Waals surface area (Å²) in [6, 6.07) is 0. The lowest BCUT2D eigenvalue weighted by Crippen LogP contribution is -2.31. The Kier molecular flexibility index (Phi) is 7.99. The molecule has 0 radical (unpaired) electrons. The van der Waals surface area contributed by atoms with E-state index in [0.29, 0.717) is 6.42 Å². The molecule has 0 heterocycles. The maximum atomic E-state index is 13.0. The van der Waals surface area contributed by atoms with Crippen LogP contribution in [0.15, 0.2) is 0 Å². The molecule has 22 heavy (non-hydrogen) atoms.